The van der Waals surface area contributed by atoms with Crippen molar-refractivity contribution >= 4 is 23.6 Å². The first-order valence-electron chi connectivity index (χ1n) is 7.96. The number of piperidine rings is 1. The van der Waals surface area contributed by atoms with Crippen LogP contribution in [-0.2, 0) is 9.53 Å². The van der Waals surface area contributed by atoms with Crippen molar-refractivity contribution in [3.8, 4) is 0 Å². The summed E-state index contributed by atoms with van der Waals surface area (Å²) in [6, 6.07) is 8.85. The van der Waals surface area contributed by atoms with Crippen molar-refractivity contribution in [1.82, 2.24) is 9.80 Å². The van der Waals surface area contributed by atoms with E-state index in [1.807, 2.05) is 23.1 Å². The molecule has 0 aromatic heterocycles. The van der Waals surface area contributed by atoms with E-state index in [1.165, 1.54) is 0 Å². The Hall–Kier alpha value is -1.53. The Kier molecular flexibility index (Phi) is 5.23. The van der Waals surface area contributed by atoms with Gasteiger partial charge in [-0.15, -0.1) is 11.8 Å². The molecule has 0 bridgehead atoms. The van der Waals surface area contributed by atoms with Crippen molar-refractivity contribution in [3.05, 3.63) is 35.9 Å². The number of ether oxygens (including phenoxy) is 1. The van der Waals surface area contributed by atoms with E-state index in [4.69, 9.17) is 4.74 Å². The highest BCUT2D eigenvalue weighted by molar-refractivity contribution is 7.99. The van der Waals surface area contributed by atoms with Gasteiger partial charge in [0.2, 0.25) is 5.91 Å². The molecule has 6 heteroatoms. The summed E-state index contributed by atoms with van der Waals surface area (Å²) in [6.45, 7) is 1.43. The summed E-state index contributed by atoms with van der Waals surface area (Å²) in [6.07, 6.45) is 1.99. The molecule has 2 fully saturated rings. The fourth-order valence-electron chi connectivity index (χ4n) is 3.12. The third kappa shape index (κ3) is 3.53. The van der Waals surface area contributed by atoms with E-state index in [0.717, 1.165) is 12.8 Å². The Morgan fingerprint density at radius 3 is 2.52 bits per heavy atom. The van der Waals surface area contributed by atoms with Crippen LogP contribution in [0.4, 0.5) is 0 Å². The highest BCUT2D eigenvalue weighted by Crippen LogP contribution is 2.26. The van der Waals surface area contributed by atoms with E-state index < -0.39 is 0 Å². The first-order chi connectivity index (χ1) is 11.2. The van der Waals surface area contributed by atoms with E-state index in [9.17, 15) is 9.59 Å². The molecule has 1 unspecified atom stereocenters. The van der Waals surface area contributed by atoms with Gasteiger partial charge in [-0.25, -0.2) is 0 Å². The molecule has 2 heterocycles. The van der Waals surface area contributed by atoms with Crippen LogP contribution in [0, 0.1) is 0 Å². The Bertz CT molecular complexity index is 558. The Balaban J connectivity index is 1.67. The number of benzene rings is 1. The van der Waals surface area contributed by atoms with Gasteiger partial charge in [-0.2, -0.15) is 0 Å². The van der Waals surface area contributed by atoms with Crippen LogP contribution in [0.1, 0.15) is 23.2 Å². The molecule has 0 aliphatic carbocycles. The fourth-order valence-corrected chi connectivity index (χ4v) is 4.26. The van der Waals surface area contributed by atoms with Crippen LogP contribution in [0.5, 0.6) is 0 Å². The lowest BCUT2D eigenvalue weighted by atomic mass is 10.1. The number of carbonyl (C=O) groups is 2. The van der Waals surface area contributed by atoms with Crippen LogP contribution < -0.4 is 0 Å². The van der Waals surface area contributed by atoms with Crippen LogP contribution in [-0.4, -0.2) is 65.6 Å². The molecule has 1 aromatic carbocycles. The molecule has 23 heavy (non-hydrogen) atoms. The third-order valence-corrected chi connectivity index (χ3v) is 5.55. The third-order valence-electron chi connectivity index (χ3n) is 4.54. The summed E-state index contributed by atoms with van der Waals surface area (Å²) in [7, 11) is 1.72. The summed E-state index contributed by atoms with van der Waals surface area (Å²) in [5, 5.41) is 0. The Morgan fingerprint density at radius 1 is 1.17 bits per heavy atom. The van der Waals surface area contributed by atoms with Crippen molar-refractivity contribution in [2.45, 2.75) is 25.0 Å². The minimum atomic E-state index is -0.341. The maximum Gasteiger partial charge on any atom is 0.255 e. The number of amides is 2. The molecular formula is C17H22N2O3S. The highest BCUT2D eigenvalue weighted by atomic mass is 32.2. The smallest absolute Gasteiger partial charge is 0.255 e. The SMILES string of the molecule is COC1CCN(C(=O)C2CSCN2C(=O)c2ccccc2)CC1. The van der Waals surface area contributed by atoms with Gasteiger partial charge in [-0.3, -0.25) is 9.59 Å². The molecule has 0 saturated carbocycles. The standard InChI is InChI=1S/C17H22N2O3S/c1-22-14-7-9-18(10-8-14)17(21)15-11-23-12-19(15)16(20)13-5-3-2-4-6-13/h2-6,14-15H,7-12H2,1H3. The zero-order chi connectivity index (χ0) is 16.2. The van der Waals surface area contributed by atoms with Gasteiger partial charge in [0.05, 0.1) is 12.0 Å². The number of likely N-dealkylation sites (tertiary alicyclic amines) is 1. The minimum absolute atomic E-state index is 0.0549. The lowest BCUT2D eigenvalue weighted by Crippen LogP contribution is -2.51. The van der Waals surface area contributed by atoms with E-state index in [2.05, 4.69) is 0 Å². The first kappa shape index (κ1) is 16.3. The van der Waals surface area contributed by atoms with Crippen molar-refractivity contribution < 1.29 is 14.3 Å². The maximum atomic E-state index is 12.8. The second kappa shape index (κ2) is 7.36. The lowest BCUT2D eigenvalue weighted by Gasteiger charge is -2.34. The van der Waals surface area contributed by atoms with Gasteiger partial charge in [0.25, 0.3) is 5.91 Å². The van der Waals surface area contributed by atoms with Crippen LogP contribution in [0.15, 0.2) is 30.3 Å². The van der Waals surface area contributed by atoms with Crippen molar-refractivity contribution in [3.63, 3.8) is 0 Å². The molecule has 5 nitrogen and oxygen atoms in total. The van der Waals surface area contributed by atoms with Gasteiger partial charge in [0, 0.05) is 31.5 Å². The fraction of sp³-hybridized carbons (Fsp3) is 0.529. The number of rotatable bonds is 3. The van der Waals surface area contributed by atoms with Crippen LogP contribution in [0.25, 0.3) is 0 Å². The van der Waals surface area contributed by atoms with Crippen LogP contribution in [0.3, 0.4) is 0 Å². The second-order valence-corrected chi connectivity index (χ2v) is 6.92. The predicted octanol–water partition coefficient (Wildman–Crippen LogP) is 1.84. The van der Waals surface area contributed by atoms with E-state index in [0.29, 0.717) is 30.3 Å². The molecule has 2 aliphatic rings. The van der Waals surface area contributed by atoms with Crippen LogP contribution in [0.2, 0.25) is 0 Å². The molecule has 2 aliphatic heterocycles. The van der Waals surface area contributed by atoms with Gasteiger partial charge in [-0.05, 0) is 25.0 Å². The topological polar surface area (TPSA) is 49.9 Å². The molecular weight excluding hydrogens is 312 g/mol. The van der Waals surface area contributed by atoms with E-state index in [1.54, 1.807) is 35.9 Å². The van der Waals surface area contributed by atoms with E-state index >= 15 is 0 Å². The largest absolute Gasteiger partial charge is 0.381 e. The molecule has 2 saturated heterocycles. The van der Waals surface area contributed by atoms with Crippen molar-refractivity contribution in [1.29, 1.82) is 0 Å². The molecule has 2 amide bonds. The number of hydrogen-bond acceptors (Lipinski definition) is 4. The average molecular weight is 334 g/mol. The normalized spacial score (nSPS) is 22.4. The first-order valence-corrected chi connectivity index (χ1v) is 9.11. The minimum Gasteiger partial charge on any atom is -0.381 e. The Labute approximate surface area is 141 Å². The lowest BCUT2D eigenvalue weighted by molar-refractivity contribution is -0.137. The Morgan fingerprint density at radius 2 is 1.87 bits per heavy atom. The number of thioether (sulfide) groups is 1. The molecule has 3 rings (SSSR count). The zero-order valence-corrected chi connectivity index (χ0v) is 14.1. The van der Waals surface area contributed by atoms with E-state index in [-0.39, 0.29) is 24.0 Å². The molecule has 0 spiro atoms. The molecule has 124 valence electrons. The number of carbonyl (C=O) groups excluding carboxylic acids is 2. The predicted molar refractivity (Wildman–Crippen MR) is 90.3 cm³/mol. The zero-order valence-electron chi connectivity index (χ0n) is 13.3. The van der Waals surface area contributed by atoms with Gasteiger partial charge in [0.15, 0.2) is 0 Å². The summed E-state index contributed by atoms with van der Waals surface area (Å²) in [5.74, 6) is 1.29. The van der Waals surface area contributed by atoms with Gasteiger partial charge >= 0.3 is 0 Å². The molecule has 1 atom stereocenters. The summed E-state index contributed by atoms with van der Waals surface area (Å²) in [5.41, 5.74) is 0.644. The molecule has 1 aromatic rings. The van der Waals surface area contributed by atoms with Gasteiger partial charge < -0.3 is 14.5 Å². The van der Waals surface area contributed by atoms with Crippen molar-refractivity contribution in [2.24, 2.45) is 0 Å². The maximum absolute atomic E-state index is 12.8. The number of hydrogen-bond donors (Lipinski definition) is 0. The van der Waals surface area contributed by atoms with Crippen LogP contribution >= 0.6 is 11.8 Å². The van der Waals surface area contributed by atoms with Gasteiger partial charge in [-0.1, -0.05) is 18.2 Å². The number of methoxy groups -OCH3 is 1. The monoisotopic (exact) mass is 334 g/mol. The molecule has 0 N–H and O–H groups in total. The summed E-state index contributed by atoms with van der Waals surface area (Å²) >= 11 is 1.64. The average Bonchev–Trinajstić information content (AvgIpc) is 3.11. The highest BCUT2D eigenvalue weighted by Gasteiger charge is 2.38. The van der Waals surface area contributed by atoms with Gasteiger partial charge in [0.1, 0.15) is 6.04 Å². The quantitative estimate of drug-likeness (QED) is 0.846. The summed E-state index contributed by atoms with van der Waals surface area (Å²) in [4.78, 5) is 29.1. The number of nitrogens with zero attached hydrogens (tertiary/aromatic N) is 2. The summed E-state index contributed by atoms with van der Waals surface area (Å²) < 4.78 is 5.36. The second-order valence-electron chi connectivity index (χ2n) is 5.92. The van der Waals surface area contributed by atoms with Crippen molar-refractivity contribution in [2.75, 3.05) is 31.8 Å². The molecule has 0 radical (unpaired) electrons.